The SMILES string of the molecule is CC1(C)OB(C(=Cc2cc(F)ccc2C#N)CNC(=O)OCC2c3ccccc3-c3ccccc32)OC1(C)C. The molecule has 1 aliphatic heterocycles. The van der Waals surface area contributed by atoms with E-state index in [-0.39, 0.29) is 19.1 Å². The summed E-state index contributed by atoms with van der Waals surface area (Å²) < 4.78 is 32.1. The molecule has 0 saturated carbocycles. The molecule has 3 aromatic rings. The summed E-state index contributed by atoms with van der Waals surface area (Å²) in [5.41, 5.74) is 4.50. The van der Waals surface area contributed by atoms with Gasteiger partial charge in [0.1, 0.15) is 12.4 Å². The number of carbonyl (C=O) groups is 1. The van der Waals surface area contributed by atoms with Gasteiger partial charge in [-0.3, -0.25) is 0 Å². The number of nitrogens with zero attached hydrogens (tertiary/aromatic N) is 1. The number of nitriles is 1. The Hall–Kier alpha value is -3.93. The highest BCUT2D eigenvalue weighted by atomic mass is 19.1. The second-order valence-corrected chi connectivity index (χ2v) is 10.8. The van der Waals surface area contributed by atoms with Crippen LogP contribution in [0.1, 0.15) is 55.9 Å². The van der Waals surface area contributed by atoms with Crippen LogP contribution in [0.5, 0.6) is 0 Å². The Labute approximate surface area is 228 Å². The number of nitrogens with one attached hydrogen (secondary N) is 1. The van der Waals surface area contributed by atoms with E-state index >= 15 is 0 Å². The molecule has 0 unspecified atom stereocenters. The second-order valence-electron chi connectivity index (χ2n) is 10.8. The summed E-state index contributed by atoms with van der Waals surface area (Å²) in [5.74, 6) is -0.537. The first-order valence-corrected chi connectivity index (χ1v) is 12.9. The summed E-state index contributed by atoms with van der Waals surface area (Å²) in [6.45, 7) is 7.89. The number of ether oxygens (including phenoxy) is 1. The normalized spacial score (nSPS) is 17.3. The van der Waals surface area contributed by atoms with Crippen LogP contribution in [0.15, 0.2) is 72.2 Å². The molecule has 0 spiro atoms. The first-order chi connectivity index (χ1) is 18.6. The van der Waals surface area contributed by atoms with Crippen LogP contribution in [-0.2, 0) is 14.0 Å². The van der Waals surface area contributed by atoms with Gasteiger partial charge in [0.05, 0.1) is 22.8 Å². The van der Waals surface area contributed by atoms with E-state index < -0.39 is 30.2 Å². The van der Waals surface area contributed by atoms with Crippen LogP contribution in [0.4, 0.5) is 9.18 Å². The van der Waals surface area contributed by atoms with Crippen LogP contribution < -0.4 is 5.32 Å². The van der Waals surface area contributed by atoms with Gasteiger partial charge in [0.15, 0.2) is 0 Å². The average molecular weight is 524 g/mol. The van der Waals surface area contributed by atoms with E-state index in [1.807, 2.05) is 52.0 Å². The topological polar surface area (TPSA) is 80.6 Å². The Morgan fingerprint density at radius 2 is 1.62 bits per heavy atom. The van der Waals surface area contributed by atoms with Crippen LogP contribution >= 0.6 is 0 Å². The molecule has 39 heavy (non-hydrogen) atoms. The molecule has 3 aromatic carbocycles. The lowest BCUT2D eigenvalue weighted by Gasteiger charge is -2.32. The summed E-state index contributed by atoms with van der Waals surface area (Å²) in [5, 5.41) is 12.3. The van der Waals surface area contributed by atoms with E-state index in [2.05, 4.69) is 35.7 Å². The van der Waals surface area contributed by atoms with Crippen LogP contribution in [0, 0.1) is 17.1 Å². The highest BCUT2D eigenvalue weighted by molar-refractivity contribution is 6.56. The molecule has 0 aromatic heterocycles. The minimum Gasteiger partial charge on any atom is -0.449 e. The van der Waals surface area contributed by atoms with Crippen molar-refractivity contribution in [3.63, 3.8) is 0 Å². The molecule has 1 fully saturated rings. The molecule has 0 bridgehead atoms. The van der Waals surface area contributed by atoms with Gasteiger partial charge in [0.25, 0.3) is 0 Å². The zero-order valence-electron chi connectivity index (χ0n) is 22.5. The highest BCUT2D eigenvalue weighted by Gasteiger charge is 2.52. The number of rotatable bonds is 6. The highest BCUT2D eigenvalue weighted by Crippen LogP contribution is 2.44. The molecular weight excluding hydrogens is 494 g/mol. The third-order valence-corrected chi connectivity index (χ3v) is 7.81. The van der Waals surface area contributed by atoms with Crippen molar-refractivity contribution >= 4 is 19.3 Å². The van der Waals surface area contributed by atoms with Crippen molar-refractivity contribution in [2.75, 3.05) is 13.2 Å². The van der Waals surface area contributed by atoms with Crippen LogP contribution in [0.25, 0.3) is 17.2 Å². The van der Waals surface area contributed by atoms with Gasteiger partial charge in [-0.15, -0.1) is 0 Å². The fourth-order valence-electron chi connectivity index (χ4n) is 4.98. The minimum absolute atomic E-state index is 0.0227. The molecule has 1 saturated heterocycles. The molecule has 8 heteroatoms. The number of alkyl carbamates (subject to hydrolysis) is 1. The van der Waals surface area contributed by atoms with E-state index in [1.165, 1.54) is 18.2 Å². The lowest BCUT2D eigenvalue weighted by Crippen LogP contribution is -2.41. The van der Waals surface area contributed by atoms with Crippen molar-refractivity contribution in [1.82, 2.24) is 5.32 Å². The quantitative estimate of drug-likeness (QED) is 0.386. The average Bonchev–Trinajstić information content (AvgIpc) is 3.34. The van der Waals surface area contributed by atoms with E-state index in [4.69, 9.17) is 14.0 Å². The fraction of sp³-hybridized carbons (Fsp3) is 0.290. The number of benzene rings is 3. The van der Waals surface area contributed by atoms with E-state index in [0.717, 1.165) is 22.3 Å². The van der Waals surface area contributed by atoms with Gasteiger partial charge in [0, 0.05) is 12.5 Å². The zero-order valence-corrected chi connectivity index (χ0v) is 22.5. The molecule has 0 radical (unpaired) electrons. The van der Waals surface area contributed by atoms with E-state index in [9.17, 15) is 14.4 Å². The fourth-order valence-corrected chi connectivity index (χ4v) is 4.98. The van der Waals surface area contributed by atoms with Gasteiger partial charge in [0.2, 0.25) is 0 Å². The summed E-state index contributed by atoms with van der Waals surface area (Å²) >= 11 is 0. The molecule has 1 aliphatic carbocycles. The number of hydrogen-bond donors (Lipinski definition) is 1. The lowest BCUT2D eigenvalue weighted by atomic mass is 9.76. The molecule has 2 aliphatic rings. The third kappa shape index (κ3) is 5.20. The summed E-state index contributed by atoms with van der Waals surface area (Å²) in [7, 11) is -0.807. The van der Waals surface area contributed by atoms with Crippen molar-refractivity contribution in [2.24, 2.45) is 0 Å². The maximum Gasteiger partial charge on any atom is 0.492 e. The van der Waals surface area contributed by atoms with Gasteiger partial charge >= 0.3 is 13.2 Å². The van der Waals surface area contributed by atoms with Crippen LogP contribution in [-0.4, -0.2) is 37.6 Å². The maximum atomic E-state index is 14.0. The summed E-state index contributed by atoms with van der Waals surface area (Å²) in [6.07, 6.45) is 1.03. The number of fused-ring (bicyclic) bond motifs is 3. The van der Waals surface area contributed by atoms with E-state index in [0.29, 0.717) is 16.6 Å². The predicted octanol–water partition coefficient (Wildman–Crippen LogP) is 6.25. The van der Waals surface area contributed by atoms with Crippen LogP contribution in [0.2, 0.25) is 0 Å². The standard InChI is InChI=1S/C31H30BFN2O4/c1-30(2)31(3,4)39-32(38-30)22(15-21-16-23(33)14-13-20(21)17-34)18-35-29(36)37-19-28-26-11-7-5-9-24(26)25-10-6-8-12-27(25)28/h5-16,28H,18-19H2,1-4H3,(H,35,36). The van der Waals surface area contributed by atoms with Gasteiger partial charge in [-0.25, -0.2) is 9.18 Å². The van der Waals surface area contributed by atoms with Crippen molar-refractivity contribution in [3.8, 4) is 17.2 Å². The Morgan fingerprint density at radius 1 is 1.03 bits per heavy atom. The van der Waals surface area contributed by atoms with Crippen LogP contribution in [0.3, 0.4) is 0 Å². The molecule has 198 valence electrons. The Balaban J connectivity index is 1.33. The largest absolute Gasteiger partial charge is 0.492 e. The summed E-state index contributed by atoms with van der Waals surface area (Å²) in [6, 6.07) is 22.3. The van der Waals surface area contributed by atoms with Gasteiger partial charge in [-0.05, 0) is 79.2 Å². The summed E-state index contributed by atoms with van der Waals surface area (Å²) in [4.78, 5) is 12.9. The molecular formula is C31H30BFN2O4. The number of halogens is 1. The van der Waals surface area contributed by atoms with Crippen molar-refractivity contribution in [3.05, 3.63) is 100 Å². The molecule has 1 heterocycles. The predicted molar refractivity (Wildman–Crippen MR) is 148 cm³/mol. The Morgan fingerprint density at radius 3 is 2.21 bits per heavy atom. The molecule has 0 atom stereocenters. The smallest absolute Gasteiger partial charge is 0.449 e. The minimum atomic E-state index is -0.807. The maximum absolute atomic E-state index is 14.0. The number of amides is 1. The molecule has 6 nitrogen and oxygen atoms in total. The molecule has 1 amide bonds. The number of carbonyl (C=O) groups excluding carboxylic acids is 1. The Kier molecular flexibility index (Phi) is 7.06. The first kappa shape index (κ1) is 26.7. The van der Waals surface area contributed by atoms with Gasteiger partial charge in [-0.2, -0.15) is 5.26 Å². The third-order valence-electron chi connectivity index (χ3n) is 7.81. The lowest BCUT2D eigenvalue weighted by molar-refractivity contribution is 0.00578. The first-order valence-electron chi connectivity index (χ1n) is 12.9. The zero-order chi connectivity index (χ0) is 27.8. The monoisotopic (exact) mass is 524 g/mol. The van der Waals surface area contributed by atoms with E-state index in [1.54, 1.807) is 6.08 Å². The van der Waals surface area contributed by atoms with Gasteiger partial charge in [-0.1, -0.05) is 54.6 Å². The Bertz CT molecular complexity index is 1430. The van der Waals surface area contributed by atoms with Crippen molar-refractivity contribution < 1.29 is 23.2 Å². The molecule has 5 rings (SSSR count). The second kappa shape index (κ2) is 10.3. The number of hydrogen-bond acceptors (Lipinski definition) is 5. The van der Waals surface area contributed by atoms with Crippen molar-refractivity contribution in [2.45, 2.75) is 44.8 Å². The van der Waals surface area contributed by atoms with Crippen molar-refractivity contribution in [1.29, 1.82) is 5.26 Å². The molecule has 1 N–H and O–H groups in total. The van der Waals surface area contributed by atoms with Gasteiger partial charge < -0.3 is 19.4 Å².